The number of nitrogens with two attached hydrogens (primary N) is 1. The molecule has 2 N–H and O–H groups in total. The summed E-state index contributed by atoms with van der Waals surface area (Å²) in [6, 6.07) is 7.23. The van der Waals surface area contributed by atoms with Crippen LogP contribution in [0.1, 0.15) is 30.5 Å². The van der Waals surface area contributed by atoms with Crippen LogP contribution in [-0.4, -0.2) is 24.4 Å². The molecule has 0 aliphatic heterocycles. The molecule has 0 bridgehead atoms. The van der Waals surface area contributed by atoms with Crippen LogP contribution >= 0.6 is 0 Å². The molecule has 1 aromatic rings. The second-order valence-corrected chi connectivity index (χ2v) is 4.15. The number of rotatable bonds is 4. The summed E-state index contributed by atoms with van der Waals surface area (Å²) < 4.78 is 0. The largest absolute Gasteiger partial charge is 0.344 e. The van der Waals surface area contributed by atoms with Crippen molar-refractivity contribution in [3.8, 4) is 0 Å². The molecule has 0 fully saturated rings. The number of benzene rings is 1. The van der Waals surface area contributed by atoms with Crippen LogP contribution in [0.25, 0.3) is 0 Å². The summed E-state index contributed by atoms with van der Waals surface area (Å²) in [6.07, 6.45) is 0.947. The molecule has 1 aromatic carbocycles. The van der Waals surface area contributed by atoms with Gasteiger partial charge in [-0.2, -0.15) is 0 Å². The Balaban J connectivity index is 2.73. The summed E-state index contributed by atoms with van der Waals surface area (Å²) in [5, 5.41) is 0. The summed E-state index contributed by atoms with van der Waals surface area (Å²) in [5.74, 6) is -0.0225. The third kappa shape index (κ3) is 3.07. The van der Waals surface area contributed by atoms with Crippen LogP contribution in [-0.2, 0) is 4.79 Å². The smallest absolute Gasteiger partial charge is 0.243 e. The number of hydrogen-bond donors (Lipinski definition) is 1. The van der Waals surface area contributed by atoms with Gasteiger partial charge in [0.1, 0.15) is 6.04 Å². The minimum atomic E-state index is -0.544. The van der Waals surface area contributed by atoms with E-state index >= 15 is 0 Å². The molecule has 0 saturated heterocycles. The van der Waals surface area contributed by atoms with E-state index in [1.165, 1.54) is 5.56 Å². The quantitative estimate of drug-likeness (QED) is 0.842. The van der Waals surface area contributed by atoms with Crippen LogP contribution in [0.5, 0.6) is 0 Å². The lowest BCUT2D eigenvalue weighted by Crippen LogP contribution is -2.36. The zero-order valence-corrected chi connectivity index (χ0v) is 10.2. The average Bonchev–Trinajstić information content (AvgIpc) is 2.28. The van der Waals surface area contributed by atoms with Gasteiger partial charge in [0.15, 0.2) is 0 Å². The van der Waals surface area contributed by atoms with Gasteiger partial charge in [-0.25, -0.2) is 0 Å². The van der Waals surface area contributed by atoms with Gasteiger partial charge in [0, 0.05) is 13.6 Å². The maximum absolute atomic E-state index is 11.9. The van der Waals surface area contributed by atoms with Crippen molar-refractivity contribution < 1.29 is 4.79 Å². The average molecular weight is 220 g/mol. The zero-order chi connectivity index (χ0) is 12.1. The highest BCUT2D eigenvalue weighted by atomic mass is 16.2. The highest BCUT2D eigenvalue weighted by molar-refractivity contribution is 5.82. The molecular formula is C13H20N2O. The van der Waals surface area contributed by atoms with Gasteiger partial charge in [0.2, 0.25) is 5.91 Å². The third-order valence-corrected chi connectivity index (χ3v) is 2.64. The molecule has 1 unspecified atom stereocenters. The molecule has 1 atom stereocenters. The SMILES string of the molecule is CCCN(C)C(=O)C(N)c1ccc(C)cc1. The molecule has 0 aliphatic carbocycles. The van der Waals surface area contributed by atoms with Gasteiger partial charge in [-0.3, -0.25) is 4.79 Å². The second-order valence-electron chi connectivity index (χ2n) is 4.15. The van der Waals surface area contributed by atoms with Crippen LogP contribution in [0.15, 0.2) is 24.3 Å². The first-order valence-corrected chi connectivity index (χ1v) is 5.63. The first-order chi connectivity index (χ1) is 7.56. The molecule has 3 nitrogen and oxygen atoms in total. The van der Waals surface area contributed by atoms with Gasteiger partial charge in [-0.1, -0.05) is 36.8 Å². The lowest BCUT2D eigenvalue weighted by Gasteiger charge is -2.20. The molecule has 0 aliphatic rings. The van der Waals surface area contributed by atoms with Gasteiger partial charge in [-0.05, 0) is 18.9 Å². The number of amides is 1. The number of nitrogens with zero attached hydrogens (tertiary/aromatic N) is 1. The molecule has 0 radical (unpaired) electrons. The first kappa shape index (κ1) is 12.7. The fourth-order valence-corrected chi connectivity index (χ4v) is 1.60. The second kappa shape index (κ2) is 5.66. The molecule has 0 aromatic heterocycles. The summed E-state index contributed by atoms with van der Waals surface area (Å²) in [7, 11) is 1.79. The Bertz CT molecular complexity index is 345. The lowest BCUT2D eigenvalue weighted by atomic mass is 10.0. The molecule has 16 heavy (non-hydrogen) atoms. The van der Waals surface area contributed by atoms with Gasteiger partial charge < -0.3 is 10.6 Å². The van der Waals surface area contributed by atoms with E-state index in [1.807, 2.05) is 38.1 Å². The standard InChI is InChI=1S/C13H20N2O/c1-4-9-15(3)13(16)12(14)11-7-5-10(2)6-8-11/h5-8,12H,4,9,14H2,1-3H3. The van der Waals surface area contributed by atoms with Crippen molar-refractivity contribution in [3.05, 3.63) is 35.4 Å². The topological polar surface area (TPSA) is 46.3 Å². The Morgan fingerprint density at radius 3 is 2.44 bits per heavy atom. The van der Waals surface area contributed by atoms with Crippen LogP contribution < -0.4 is 5.73 Å². The van der Waals surface area contributed by atoms with E-state index < -0.39 is 6.04 Å². The fourth-order valence-electron chi connectivity index (χ4n) is 1.60. The number of aryl methyl sites for hydroxylation is 1. The van der Waals surface area contributed by atoms with Gasteiger partial charge in [0.25, 0.3) is 0 Å². The number of carbonyl (C=O) groups excluding carboxylic acids is 1. The predicted molar refractivity (Wildman–Crippen MR) is 66.0 cm³/mol. The van der Waals surface area contributed by atoms with Crippen LogP contribution in [0.3, 0.4) is 0 Å². The molecule has 0 spiro atoms. The summed E-state index contributed by atoms with van der Waals surface area (Å²) >= 11 is 0. The molecule has 0 heterocycles. The molecule has 1 rings (SSSR count). The molecule has 1 amide bonds. The van der Waals surface area contributed by atoms with E-state index in [-0.39, 0.29) is 5.91 Å². The summed E-state index contributed by atoms with van der Waals surface area (Å²) in [6.45, 7) is 4.81. The third-order valence-electron chi connectivity index (χ3n) is 2.64. The van der Waals surface area contributed by atoms with Crippen LogP contribution in [0.2, 0.25) is 0 Å². The summed E-state index contributed by atoms with van der Waals surface area (Å²) in [5.41, 5.74) is 7.97. The van der Waals surface area contributed by atoms with E-state index in [0.717, 1.165) is 18.5 Å². The van der Waals surface area contributed by atoms with E-state index in [1.54, 1.807) is 11.9 Å². The van der Waals surface area contributed by atoms with Crippen molar-refractivity contribution in [2.75, 3.05) is 13.6 Å². The van der Waals surface area contributed by atoms with Gasteiger partial charge in [0.05, 0.1) is 0 Å². The Morgan fingerprint density at radius 2 is 1.94 bits per heavy atom. The van der Waals surface area contributed by atoms with Gasteiger partial charge in [-0.15, -0.1) is 0 Å². The van der Waals surface area contributed by atoms with E-state index in [2.05, 4.69) is 0 Å². The number of likely N-dealkylation sites (N-methyl/N-ethyl adjacent to an activating group) is 1. The van der Waals surface area contributed by atoms with E-state index in [9.17, 15) is 4.79 Å². The number of carbonyl (C=O) groups is 1. The Hall–Kier alpha value is -1.35. The Labute approximate surface area is 97.2 Å². The molecular weight excluding hydrogens is 200 g/mol. The van der Waals surface area contributed by atoms with Crippen molar-refractivity contribution in [1.29, 1.82) is 0 Å². The predicted octanol–water partition coefficient (Wildman–Crippen LogP) is 1.86. The highest BCUT2D eigenvalue weighted by Crippen LogP contribution is 2.13. The Morgan fingerprint density at radius 1 is 1.38 bits per heavy atom. The number of hydrogen-bond acceptors (Lipinski definition) is 2. The zero-order valence-electron chi connectivity index (χ0n) is 10.2. The van der Waals surface area contributed by atoms with Crippen molar-refractivity contribution in [3.63, 3.8) is 0 Å². The molecule has 0 saturated carbocycles. The van der Waals surface area contributed by atoms with E-state index in [0.29, 0.717) is 0 Å². The minimum absolute atomic E-state index is 0.0225. The van der Waals surface area contributed by atoms with Crippen molar-refractivity contribution in [2.24, 2.45) is 5.73 Å². The van der Waals surface area contributed by atoms with Crippen LogP contribution in [0, 0.1) is 6.92 Å². The van der Waals surface area contributed by atoms with Crippen molar-refractivity contribution in [1.82, 2.24) is 4.90 Å². The van der Waals surface area contributed by atoms with Crippen LogP contribution in [0.4, 0.5) is 0 Å². The first-order valence-electron chi connectivity index (χ1n) is 5.63. The highest BCUT2D eigenvalue weighted by Gasteiger charge is 2.18. The van der Waals surface area contributed by atoms with Gasteiger partial charge >= 0.3 is 0 Å². The minimum Gasteiger partial charge on any atom is -0.344 e. The fraction of sp³-hybridized carbons (Fsp3) is 0.462. The van der Waals surface area contributed by atoms with Crippen molar-refractivity contribution >= 4 is 5.91 Å². The molecule has 3 heteroatoms. The van der Waals surface area contributed by atoms with E-state index in [4.69, 9.17) is 5.73 Å². The maximum Gasteiger partial charge on any atom is 0.243 e. The maximum atomic E-state index is 11.9. The summed E-state index contributed by atoms with van der Waals surface area (Å²) in [4.78, 5) is 13.6. The normalized spacial score (nSPS) is 12.2. The lowest BCUT2D eigenvalue weighted by molar-refractivity contribution is -0.131. The monoisotopic (exact) mass is 220 g/mol. The van der Waals surface area contributed by atoms with Crippen molar-refractivity contribution in [2.45, 2.75) is 26.3 Å². The molecule has 88 valence electrons. The Kier molecular flexibility index (Phi) is 4.50.